The second-order valence-electron chi connectivity index (χ2n) is 7.74. The molecule has 0 spiro atoms. The number of rotatable bonds is 3. The van der Waals surface area contributed by atoms with E-state index in [0.717, 1.165) is 41.9 Å². The molecule has 0 unspecified atom stereocenters. The summed E-state index contributed by atoms with van der Waals surface area (Å²) in [5.74, 6) is 0.426. The van der Waals surface area contributed by atoms with Crippen LogP contribution >= 0.6 is 0 Å². The molecule has 144 valence electrons. The first-order chi connectivity index (χ1) is 13.8. The molecule has 7 heteroatoms. The van der Waals surface area contributed by atoms with Gasteiger partial charge in [0, 0.05) is 37.0 Å². The highest BCUT2D eigenvalue weighted by molar-refractivity contribution is 5.96. The molecule has 1 fully saturated rings. The van der Waals surface area contributed by atoms with E-state index in [9.17, 15) is 4.79 Å². The molecule has 0 bridgehead atoms. The average Bonchev–Trinajstić information content (AvgIpc) is 3.43. The van der Waals surface area contributed by atoms with Gasteiger partial charge in [-0.2, -0.15) is 5.10 Å². The van der Waals surface area contributed by atoms with Gasteiger partial charge in [0.2, 0.25) is 0 Å². The van der Waals surface area contributed by atoms with E-state index in [1.807, 2.05) is 23.2 Å². The number of aromatic nitrogens is 5. The van der Waals surface area contributed by atoms with Crippen molar-refractivity contribution >= 4 is 5.91 Å². The van der Waals surface area contributed by atoms with Crippen molar-refractivity contribution < 1.29 is 4.79 Å². The normalized spacial score (nSPS) is 20.1. The number of H-pyrrole nitrogens is 2. The first-order valence-electron chi connectivity index (χ1n) is 10.1. The van der Waals surface area contributed by atoms with Crippen molar-refractivity contribution in [1.82, 2.24) is 30.0 Å². The minimum Gasteiger partial charge on any atom is -0.348 e. The molecule has 3 aromatic rings. The molecular weight excluding hydrogens is 352 g/mol. The zero-order valence-corrected chi connectivity index (χ0v) is 15.8. The number of carbonyl (C=O) groups is 1. The molecule has 4 heterocycles. The molecule has 1 aliphatic heterocycles. The van der Waals surface area contributed by atoms with Gasteiger partial charge in [-0.3, -0.25) is 14.9 Å². The molecule has 2 aliphatic rings. The van der Waals surface area contributed by atoms with E-state index in [0.29, 0.717) is 18.0 Å². The summed E-state index contributed by atoms with van der Waals surface area (Å²) in [6.07, 6.45) is 13.7. The van der Waals surface area contributed by atoms with Crippen LogP contribution < -0.4 is 0 Å². The van der Waals surface area contributed by atoms with Gasteiger partial charge in [-0.25, -0.2) is 4.98 Å². The van der Waals surface area contributed by atoms with Crippen molar-refractivity contribution in [2.45, 2.75) is 50.5 Å². The number of nitrogens with one attached hydrogen (secondary N) is 2. The van der Waals surface area contributed by atoms with Crippen LogP contribution in [0.25, 0.3) is 0 Å². The highest BCUT2D eigenvalue weighted by Crippen LogP contribution is 2.37. The van der Waals surface area contributed by atoms with E-state index in [1.165, 1.54) is 19.3 Å². The molecule has 1 saturated carbocycles. The largest absolute Gasteiger partial charge is 0.348 e. The van der Waals surface area contributed by atoms with Crippen LogP contribution in [0.4, 0.5) is 0 Å². The summed E-state index contributed by atoms with van der Waals surface area (Å²) in [6.45, 7) is 0.642. The van der Waals surface area contributed by atoms with Crippen LogP contribution in [0.1, 0.15) is 77.1 Å². The van der Waals surface area contributed by atoms with Crippen LogP contribution in [0.15, 0.2) is 37.1 Å². The molecule has 0 aromatic carbocycles. The number of fused-ring (bicyclic) bond motifs is 1. The molecule has 0 saturated heterocycles. The van der Waals surface area contributed by atoms with Crippen LogP contribution in [0.2, 0.25) is 0 Å². The Hall–Kier alpha value is -2.96. The van der Waals surface area contributed by atoms with E-state index in [1.54, 1.807) is 18.7 Å². The number of imidazole rings is 1. The van der Waals surface area contributed by atoms with Gasteiger partial charge in [-0.05, 0) is 24.5 Å². The molecule has 1 aliphatic carbocycles. The molecule has 0 radical (unpaired) electrons. The predicted molar refractivity (Wildman–Crippen MR) is 104 cm³/mol. The summed E-state index contributed by atoms with van der Waals surface area (Å²) in [4.78, 5) is 27.6. The maximum atomic E-state index is 13.6. The van der Waals surface area contributed by atoms with Gasteiger partial charge < -0.3 is 9.88 Å². The summed E-state index contributed by atoms with van der Waals surface area (Å²) in [5.41, 5.74) is 4.70. The Labute approximate surface area is 163 Å². The third kappa shape index (κ3) is 2.91. The third-order valence-corrected chi connectivity index (χ3v) is 6.10. The Morgan fingerprint density at radius 2 is 2.07 bits per heavy atom. The number of carbonyl (C=O) groups excluding carboxylic acids is 1. The zero-order valence-electron chi connectivity index (χ0n) is 15.8. The summed E-state index contributed by atoms with van der Waals surface area (Å²) < 4.78 is 0. The van der Waals surface area contributed by atoms with Gasteiger partial charge in [0.25, 0.3) is 5.91 Å². The van der Waals surface area contributed by atoms with Crippen molar-refractivity contribution in [1.29, 1.82) is 0 Å². The Morgan fingerprint density at radius 1 is 1.18 bits per heavy atom. The molecule has 7 nitrogen and oxygen atoms in total. The van der Waals surface area contributed by atoms with E-state index in [2.05, 4.69) is 25.1 Å². The quantitative estimate of drug-likeness (QED) is 0.733. The van der Waals surface area contributed by atoms with Crippen LogP contribution in [0, 0.1) is 0 Å². The number of aromatic amines is 2. The number of hydrogen-bond donors (Lipinski definition) is 2. The average molecular weight is 376 g/mol. The zero-order chi connectivity index (χ0) is 18.9. The monoisotopic (exact) mass is 376 g/mol. The second kappa shape index (κ2) is 7.22. The maximum absolute atomic E-state index is 13.6. The first-order valence-corrected chi connectivity index (χ1v) is 10.1. The van der Waals surface area contributed by atoms with Crippen molar-refractivity contribution in [3.05, 3.63) is 65.3 Å². The predicted octanol–water partition coefficient (Wildman–Crippen LogP) is 3.36. The van der Waals surface area contributed by atoms with Crippen molar-refractivity contribution in [2.24, 2.45) is 0 Å². The van der Waals surface area contributed by atoms with Gasteiger partial charge >= 0.3 is 0 Å². The molecule has 28 heavy (non-hydrogen) atoms. The van der Waals surface area contributed by atoms with Crippen LogP contribution in [0.5, 0.6) is 0 Å². The van der Waals surface area contributed by atoms with Crippen LogP contribution in [-0.4, -0.2) is 42.5 Å². The highest BCUT2D eigenvalue weighted by Gasteiger charge is 2.36. The summed E-state index contributed by atoms with van der Waals surface area (Å²) in [6, 6.07) is 3.69. The summed E-state index contributed by atoms with van der Waals surface area (Å²) in [7, 11) is 0. The summed E-state index contributed by atoms with van der Waals surface area (Å²) >= 11 is 0. The maximum Gasteiger partial charge on any atom is 0.258 e. The van der Waals surface area contributed by atoms with E-state index in [-0.39, 0.29) is 11.9 Å². The lowest BCUT2D eigenvalue weighted by Crippen LogP contribution is -2.41. The van der Waals surface area contributed by atoms with Gasteiger partial charge in [-0.1, -0.05) is 25.3 Å². The number of hydrogen-bond acceptors (Lipinski definition) is 4. The lowest BCUT2D eigenvalue weighted by molar-refractivity contribution is 0.0688. The first kappa shape index (κ1) is 17.2. The number of nitrogens with zero attached hydrogens (tertiary/aromatic N) is 4. The second-order valence-corrected chi connectivity index (χ2v) is 7.74. The molecular formula is C21H24N6O. The Morgan fingerprint density at radius 3 is 2.89 bits per heavy atom. The molecule has 5 rings (SSSR count). The lowest BCUT2D eigenvalue weighted by atomic mass is 9.85. The SMILES string of the molecule is O=C(c1cn[nH]c1C1CCCCC1)N1CCc2[nH]cnc2[C@@H]1c1cccnc1. The van der Waals surface area contributed by atoms with Crippen LogP contribution in [0.3, 0.4) is 0 Å². The van der Waals surface area contributed by atoms with Gasteiger partial charge in [0.1, 0.15) is 6.04 Å². The van der Waals surface area contributed by atoms with Crippen LogP contribution in [-0.2, 0) is 6.42 Å². The van der Waals surface area contributed by atoms with Gasteiger partial charge in [0.05, 0.1) is 29.5 Å². The van der Waals surface area contributed by atoms with E-state index in [4.69, 9.17) is 0 Å². The van der Waals surface area contributed by atoms with Crippen molar-refractivity contribution in [2.75, 3.05) is 6.54 Å². The molecule has 1 amide bonds. The Bertz CT molecular complexity index is 956. The summed E-state index contributed by atoms with van der Waals surface area (Å²) in [5, 5.41) is 7.37. The minimum atomic E-state index is -0.231. The Kier molecular flexibility index (Phi) is 4.43. The fourth-order valence-corrected chi connectivity index (χ4v) is 4.69. The molecule has 2 N–H and O–H groups in total. The molecule has 1 atom stereocenters. The third-order valence-electron chi connectivity index (χ3n) is 6.10. The lowest BCUT2D eigenvalue weighted by Gasteiger charge is -2.35. The Balaban J connectivity index is 1.52. The number of amides is 1. The topological polar surface area (TPSA) is 90.6 Å². The smallest absolute Gasteiger partial charge is 0.258 e. The van der Waals surface area contributed by atoms with Gasteiger partial charge in [0.15, 0.2) is 0 Å². The van der Waals surface area contributed by atoms with Crippen molar-refractivity contribution in [3.63, 3.8) is 0 Å². The number of pyridine rings is 1. The van der Waals surface area contributed by atoms with Crippen molar-refractivity contribution in [3.8, 4) is 0 Å². The van der Waals surface area contributed by atoms with E-state index < -0.39 is 0 Å². The molecule has 3 aromatic heterocycles. The van der Waals surface area contributed by atoms with E-state index >= 15 is 0 Å². The fourth-order valence-electron chi connectivity index (χ4n) is 4.69. The standard InChI is InChI=1S/C21H24N6O/c28-21(16-12-25-26-18(16)14-5-2-1-3-6-14)27-10-8-17-19(24-13-23-17)20(27)15-7-4-9-22-11-15/h4,7,9,11-14,20H,1-3,5-6,8,10H2,(H,23,24)(H,25,26)/t20-/m0/s1. The fraction of sp³-hybridized carbons (Fsp3) is 0.429. The van der Waals surface area contributed by atoms with Gasteiger partial charge in [-0.15, -0.1) is 0 Å². The highest BCUT2D eigenvalue weighted by atomic mass is 16.2. The minimum absolute atomic E-state index is 0.0248.